The zero-order valence-electron chi connectivity index (χ0n) is 70.3. The molecular formula is C82H132ClN4O18S5Zn-. The number of hydrogen-bond acceptors (Lipinski definition) is 21. The van der Waals surface area contributed by atoms with Crippen LogP contribution in [0, 0.1) is 79.3 Å². The molecule has 0 bridgehead atoms. The summed E-state index contributed by atoms with van der Waals surface area (Å²) in [6, 6.07) is 0. The summed E-state index contributed by atoms with van der Waals surface area (Å²) in [6.45, 7) is 45.5. The Morgan fingerprint density at radius 3 is 1.32 bits per heavy atom. The fourth-order valence-electron chi connectivity index (χ4n) is 15.5. The van der Waals surface area contributed by atoms with Crippen molar-refractivity contribution in [2.45, 2.75) is 259 Å². The molecule has 2 heterocycles. The molecule has 2 amide bonds. The Kier molecular flexibility index (Phi) is 42.2. The molecule has 5 unspecified atom stereocenters. The number of H-pyrrole nitrogens is 1. The molecule has 2 fully saturated rings. The number of aliphatic carboxylic acids is 2. The minimum Gasteiger partial charge on any atom is -0.481 e. The molecule has 1 aromatic rings. The molecule has 1 aliphatic heterocycles. The first-order valence-corrected chi connectivity index (χ1v) is 43.1. The Bertz CT molecular complexity index is 3280. The van der Waals surface area contributed by atoms with Crippen molar-refractivity contribution in [1.82, 2.24) is 4.98 Å². The second-order valence-corrected chi connectivity index (χ2v) is 38.3. The number of carboxylic acids is 2. The number of ether oxygens (including phenoxy) is 6. The van der Waals surface area contributed by atoms with E-state index in [0.29, 0.717) is 97.4 Å². The molecule has 0 aromatic carbocycles. The summed E-state index contributed by atoms with van der Waals surface area (Å²) in [5.74, 6) is -6.51. The van der Waals surface area contributed by atoms with E-state index in [1.165, 1.54) is 0 Å². The SMILES string of the molecule is CCC(CC)(CCCCl)C(=O)N=C1[N-]C(=Cc2[nH]c(NC(=O)C(CC)(CC)CCCSC(CC(=O)O)C(=O)O)c(C(=O)OC3C(C(C)(C)C)CC(C)CC3C(C)(C)C)c2C(C)C)C(C(C)C)=C1C(=O)OC1C(C(C)(C)C)CC(C)CC1C(C)(C)C.O=C(CS)OCC(COC(=O)CS)(COC(=O)CS)COC(=O)CS.[Zn]. The van der Waals surface area contributed by atoms with Crippen molar-refractivity contribution < 1.29 is 106 Å². The molecule has 22 nitrogen and oxygen atoms in total. The molecule has 0 spiro atoms. The van der Waals surface area contributed by atoms with Gasteiger partial charge in [-0.2, -0.15) is 50.5 Å². The smallest absolute Gasteiger partial charge is 0.342 e. The molecule has 5 atom stereocenters. The number of anilines is 1. The number of carbonyl (C=O) groups excluding carboxylic acids is 8. The van der Waals surface area contributed by atoms with Crippen molar-refractivity contribution in [3.05, 3.63) is 39.0 Å². The largest absolute Gasteiger partial charge is 0.481 e. The molecule has 1 aromatic heterocycles. The number of nitrogens with one attached hydrogen (secondary N) is 2. The molecule has 628 valence electrons. The molecule has 2 aliphatic carbocycles. The van der Waals surface area contributed by atoms with Crippen molar-refractivity contribution in [1.29, 1.82) is 0 Å². The number of allylic oxidation sites excluding steroid dienone is 1. The quantitative estimate of drug-likeness (QED) is 0.00766. The average Bonchev–Trinajstić information content (AvgIpc) is 1.34. The third kappa shape index (κ3) is 29.4. The van der Waals surface area contributed by atoms with Gasteiger partial charge < -0.3 is 59.2 Å². The van der Waals surface area contributed by atoms with Gasteiger partial charge >= 0.3 is 47.8 Å². The monoisotopic (exact) mass is 1720 g/mol. The van der Waals surface area contributed by atoms with Gasteiger partial charge in [0, 0.05) is 65.6 Å². The first-order chi connectivity index (χ1) is 51.0. The maximum atomic E-state index is 15.8. The third-order valence-electron chi connectivity index (χ3n) is 22.4. The van der Waals surface area contributed by atoms with Crippen molar-refractivity contribution in [2.75, 3.05) is 66.4 Å². The Balaban J connectivity index is 0.00000137. The summed E-state index contributed by atoms with van der Waals surface area (Å²) in [4.78, 5) is 139. The van der Waals surface area contributed by atoms with E-state index in [4.69, 9.17) is 50.3 Å². The Hall–Kier alpha value is -4.21. The molecule has 2 saturated carbocycles. The summed E-state index contributed by atoms with van der Waals surface area (Å²) in [5.41, 5.74) is -1.68. The number of halogens is 1. The van der Waals surface area contributed by atoms with E-state index >= 15 is 14.4 Å². The molecule has 0 saturated heterocycles. The molecular weight excluding hydrogens is 1590 g/mol. The van der Waals surface area contributed by atoms with Crippen LogP contribution >= 0.6 is 73.9 Å². The molecule has 29 heteroatoms. The van der Waals surface area contributed by atoms with E-state index in [-0.39, 0.29) is 161 Å². The van der Waals surface area contributed by atoms with Gasteiger partial charge in [0.15, 0.2) is 5.91 Å². The first kappa shape index (κ1) is 103. The maximum absolute atomic E-state index is 15.8. The summed E-state index contributed by atoms with van der Waals surface area (Å²) >= 11 is 22.4. The van der Waals surface area contributed by atoms with Crippen molar-refractivity contribution in [3.8, 4) is 0 Å². The fourth-order valence-corrected chi connectivity index (χ4v) is 17.0. The van der Waals surface area contributed by atoms with Crippen molar-refractivity contribution in [3.63, 3.8) is 0 Å². The van der Waals surface area contributed by atoms with E-state index in [1.807, 2.05) is 61.5 Å². The van der Waals surface area contributed by atoms with Crippen LogP contribution in [0.5, 0.6) is 0 Å². The first-order valence-electron chi connectivity index (χ1n) is 39.0. The minimum absolute atomic E-state index is 0. The third-order valence-corrected chi connectivity index (χ3v) is 25.0. The van der Waals surface area contributed by atoms with Gasteiger partial charge in [0.25, 0.3) is 0 Å². The zero-order valence-corrected chi connectivity index (χ0v) is 78.4. The van der Waals surface area contributed by atoms with E-state index in [1.54, 1.807) is 0 Å². The zero-order chi connectivity index (χ0) is 84.0. The molecule has 4 rings (SSSR count). The summed E-state index contributed by atoms with van der Waals surface area (Å²) < 4.78 is 34.0. The standard InChI is InChI=1S/C69H113ClN4O10S.C13H20O8S4.Zn/c1-23-68(24-2,29-27-31-70)62(81)73-57-53(60(79)83-55-43(64(11,12)13)33-41(9)34-44(55)65(14,15)16)51(39(5)6)47(71-57)37-48-52(40(7)8)54(61(80)84-56-45(66(17,18)19)35-42(10)36-46(56)67(20,21)22)58(72-48)74-63(82)69(25-3,26-4)30-28-32-85-49(59(77)78)38-50(75)76;14-9(1-22)18-5-13(6-19-10(15)2-23,7-20-11(16)3-24)8-21-12(17)4-25;/h37,39-46,49,55-56H,23-36,38H2,1-22H3,(H5,71,72,73,74,75,76,77,78,79,80,81,82);22-25H,1-8H2;/p-1. The predicted octanol–water partition coefficient (Wildman–Crippen LogP) is 17.6. The number of thiol groups is 4. The normalized spacial score (nSPS) is 21.0. The van der Waals surface area contributed by atoms with Gasteiger partial charge in [-0.05, 0) is 157 Å². The van der Waals surface area contributed by atoms with E-state index in [0.717, 1.165) is 37.4 Å². The number of carbonyl (C=O) groups is 10. The second kappa shape index (κ2) is 45.5. The van der Waals surface area contributed by atoms with Gasteiger partial charge in [-0.1, -0.05) is 152 Å². The van der Waals surface area contributed by atoms with Gasteiger partial charge in [0.1, 0.15) is 60.7 Å². The number of thioether (sulfide) groups is 1. The van der Waals surface area contributed by atoms with Gasteiger partial charge in [0.2, 0.25) is 5.91 Å². The van der Waals surface area contributed by atoms with Crippen molar-refractivity contribution in [2.24, 2.45) is 84.3 Å². The Morgan fingerprint density at radius 2 is 0.991 bits per heavy atom. The summed E-state index contributed by atoms with van der Waals surface area (Å²) in [5, 5.41) is 26.4. The van der Waals surface area contributed by atoms with Gasteiger partial charge in [-0.25, -0.2) is 9.59 Å². The van der Waals surface area contributed by atoms with Crippen LogP contribution in [0.4, 0.5) is 5.82 Å². The van der Waals surface area contributed by atoms with Gasteiger partial charge in [-0.3, -0.25) is 38.4 Å². The second-order valence-electron chi connectivity index (χ2n) is 35.4. The average molecular weight is 1720 g/mol. The number of carboxylic acid groups (broad SMARTS) is 2. The summed E-state index contributed by atoms with van der Waals surface area (Å²) in [6.07, 6.45) is 7.67. The van der Waals surface area contributed by atoms with E-state index < -0.39 is 87.9 Å². The Morgan fingerprint density at radius 1 is 0.604 bits per heavy atom. The van der Waals surface area contributed by atoms with Crippen LogP contribution in [-0.4, -0.2) is 159 Å². The fraction of sp³-hybridized carbons (Fsp3) is 0.768. The number of hydrogen-bond donors (Lipinski definition) is 8. The number of esters is 6. The predicted molar refractivity (Wildman–Crippen MR) is 450 cm³/mol. The number of amides is 2. The molecule has 3 aliphatic rings. The van der Waals surface area contributed by atoms with Crippen LogP contribution in [0.2, 0.25) is 0 Å². The molecule has 0 radical (unpaired) electrons. The number of alkyl halides is 1. The minimum atomic E-state index is -1.28. The van der Waals surface area contributed by atoms with Gasteiger partial charge in [0.05, 0.1) is 35.0 Å². The van der Waals surface area contributed by atoms with Crippen LogP contribution in [-0.2, 0) is 91.0 Å². The van der Waals surface area contributed by atoms with Crippen LogP contribution in [0.25, 0.3) is 11.4 Å². The Labute approximate surface area is 706 Å². The number of aromatic amines is 1. The topological polar surface area (TPSA) is 321 Å². The number of nitrogens with zero attached hydrogens (tertiary/aromatic N) is 2. The number of rotatable bonds is 37. The summed E-state index contributed by atoms with van der Waals surface area (Å²) in [7, 11) is 0. The van der Waals surface area contributed by atoms with Crippen molar-refractivity contribution >= 4 is 151 Å². The van der Waals surface area contributed by atoms with Gasteiger partial charge in [-0.15, -0.1) is 23.4 Å². The van der Waals surface area contributed by atoms with Crippen LogP contribution in [0.3, 0.4) is 0 Å². The van der Waals surface area contributed by atoms with Crippen LogP contribution < -0.4 is 5.32 Å². The number of amidine groups is 1. The number of aliphatic imine (C=N–C) groups is 1. The maximum Gasteiger partial charge on any atom is 0.342 e. The van der Waals surface area contributed by atoms with E-state index in [9.17, 15) is 43.8 Å². The van der Waals surface area contributed by atoms with E-state index in [2.05, 4.69) is 158 Å². The number of aromatic nitrogens is 1. The molecule has 4 N–H and O–H groups in total. The van der Waals surface area contributed by atoms with Crippen LogP contribution in [0.1, 0.15) is 263 Å². The molecule has 111 heavy (non-hydrogen) atoms. The van der Waals surface area contributed by atoms with Crippen LogP contribution in [0.15, 0.2) is 21.8 Å².